The van der Waals surface area contributed by atoms with E-state index in [1.165, 1.54) is 26.1 Å². The van der Waals surface area contributed by atoms with Crippen LogP contribution in [0.3, 0.4) is 0 Å². The maximum absolute atomic E-state index is 11.7. The maximum atomic E-state index is 11.7. The third-order valence-corrected chi connectivity index (χ3v) is 3.06. The number of hydrogen-bond acceptors (Lipinski definition) is 7. The van der Waals surface area contributed by atoms with Crippen LogP contribution >= 0.6 is 0 Å². The van der Waals surface area contributed by atoms with Gasteiger partial charge in [0.05, 0.1) is 5.60 Å². The van der Waals surface area contributed by atoms with E-state index in [1.54, 1.807) is 0 Å². The van der Waals surface area contributed by atoms with Crippen molar-refractivity contribution in [2.45, 2.75) is 44.0 Å². The van der Waals surface area contributed by atoms with Crippen LogP contribution in [0.4, 0.5) is 5.82 Å². The molecular formula is C11H17N3O5. The monoisotopic (exact) mass is 271 g/mol. The van der Waals surface area contributed by atoms with Crippen LogP contribution < -0.4 is 11.4 Å². The minimum absolute atomic E-state index is 0.0494. The van der Waals surface area contributed by atoms with Crippen LogP contribution in [-0.4, -0.2) is 48.8 Å². The minimum Gasteiger partial charge on any atom is -0.388 e. The molecule has 1 aromatic rings. The van der Waals surface area contributed by atoms with Crippen molar-refractivity contribution in [2.75, 3.05) is 5.73 Å². The highest BCUT2D eigenvalue weighted by Crippen LogP contribution is 2.33. The lowest BCUT2D eigenvalue weighted by molar-refractivity contribution is -0.124. The zero-order valence-electron chi connectivity index (χ0n) is 10.6. The maximum Gasteiger partial charge on any atom is 0.351 e. The third kappa shape index (κ3) is 2.47. The molecule has 1 aliphatic rings. The summed E-state index contributed by atoms with van der Waals surface area (Å²) >= 11 is 0. The average Bonchev–Trinajstić information content (AvgIpc) is 2.56. The van der Waals surface area contributed by atoms with Gasteiger partial charge >= 0.3 is 5.69 Å². The fourth-order valence-electron chi connectivity index (χ4n) is 2.09. The second-order valence-corrected chi connectivity index (χ2v) is 5.12. The topological polar surface area (TPSA) is 131 Å². The van der Waals surface area contributed by atoms with Crippen LogP contribution in [0.25, 0.3) is 0 Å². The molecule has 0 radical (unpaired) electrons. The van der Waals surface area contributed by atoms with E-state index in [9.17, 15) is 20.1 Å². The van der Waals surface area contributed by atoms with Gasteiger partial charge in [0.2, 0.25) is 0 Å². The number of rotatable bonds is 2. The molecule has 0 unspecified atom stereocenters. The number of hydrogen-bond donors (Lipinski definition) is 4. The standard InChI is InChI=1S/C11H17N3O5/c1-11(2,18)8-6(15)7(16)9(19-8)14-4-3-5(12)13-10(14)17/h3-4,6-9,15-16,18H,1-2H3,(H2,12,13,17)/t6-,7+,8-,9+/m0/s1. The summed E-state index contributed by atoms with van der Waals surface area (Å²) in [5, 5.41) is 29.7. The highest BCUT2D eigenvalue weighted by molar-refractivity contribution is 5.23. The first-order valence-electron chi connectivity index (χ1n) is 5.80. The number of aromatic nitrogens is 2. The Hall–Kier alpha value is -1.48. The van der Waals surface area contributed by atoms with Crippen LogP contribution in [0, 0.1) is 0 Å². The highest BCUT2D eigenvalue weighted by atomic mass is 16.6. The van der Waals surface area contributed by atoms with E-state index in [0.717, 1.165) is 4.57 Å². The summed E-state index contributed by atoms with van der Waals surface area (Å²) in [4.78, 5) is 15.2. The Balaban J connectivity index is 2.34. The SMILES string of the molecule is CC(C)(O)[C@H]1O[C@@H](n2ccc(N)nc2=O)[C@H](O)[C@@H]1O. The lowest BCUT2D eigenvalue weighted by atomic mass is 9.96. The normalized spacial score (nSPS) is 31.6. The molecular weight excluding hydrogens is 254 g/mol. The van der Waals surface area contributed by atoms with Crippen LogP contribution in [0.5, 0.6) is 0 Å². The van der Waals surface area contributed by atoms with E-state index in [4.69, 9.17) is 10.5 Å². The summed E-state index contributed by atoms with van der Waals surface area (Å²) in [5.41, 5.74) is 3.31. The van der Waals surface area contributed by atoms with Crippen LogP contribution in [-0.2, 0) is 4.74 Å². The smallest absolute Gasteiger partial charge is 0.351 e. The molecule has 0 spiro atoms. The predicted octanol–water partition coefficient (Wildman–Crippen LogP) is -1.78. The summed E-state index contributed by atoms with van der Waals surface area (Å²) in [5.74, 6) is 0.0494. The number of nitrogens with zero attached hydrogens (tertiary/aromatic N) is 2. The Morgan fingerprint density at radius 2 is 2.05 bits per heavy atom. The van der Waals surface area contributed by atoms with E-state index >= 15 is 0 Å². The van der Waals surface area contributed by atoms with Gasteiger partial charge in [0, 0.05) is 6.20 Å². The van der Waals surface area contributed by atoms with Gasteiger partial charge in [0.1, 0.15) is 24.1 Å². The lowest BCUT2D eigenvalue weighted by Crippen LogP contribution is -2.45. The second kappa shape index (κ2) is 4.57. The van der Waals surface area contributed by atoms with E-state index in [0.29, 0.717) is 0 Å². The van der Waals surface area contributed by atoms with Gasteiger partial charge in [-0.3, -0.25) is 4.57 Å². The van der Waals surface area contributed by atoms with Gasteiger partial charge in [-0.05, 0) is 19.9 Å². The summed E-state index contributed by atoms with van der Waals surface area (Å²) < 4.78 is 6.41. The zero-order chi connectivity index (χ0) is 14.4. The fourth-order valence-corrected chi connectivity index (χ4v) is 2.09. The molecule has 8 nitrogen and oxygen atoms in total. The molecule has 106 valence electrons. The molecule has 2 heterocycles. The number of ether oxygens (including phenoxy) is 1. The van der Waals surface area contributed by atoms with Crippen molar-refractivity contribution in [3.8, 4) is 0 Å². The Morgan fingerprint density at radius 3 is 2.53 bits per heavy atom. The molecule has 0 saturated carbocycles. The second-order valence-electron chi connectivity index (χ2n) is 5.12. The predicted molar refractivity (Wildman–Crippen MR) is 65.1 cm³/mol. The summed E-state index contributed by atoms with van der Waals surface area (Å²) in [6.45, 7) is 2.89. The van der Waals surface area contributed by atoms with Gasteiger partial charge in [0.15, 0.2) is 6.23 Å². The highest BCUT2D eigenvalue weighted by Gasteiger charge is 2.49. The van der Waals surface area contributed by atoms with Crippen LogP contribution in [0.15, 0.2) is 17.1 Å². The van der Waals surface area contributed by atoms with Gasteiger partial charge in [-0.25, -0.2) is 4.79 Å². The molecule has 1 saturated heterocycles. The molecule has 5 N–H and O–H groups in total. The van der Waals surface area contributed by atoms with Crippen molar-refractivity contribution < 1.29 is 20.1 Å². The molecule has 0 amide bonds. The van der Waals surface area contributed by atoms with E-state index in [2.05, 4.69) is 4.98 Å². The van der Waals surface area contributed by atoms with Crippen molar-refractivity contribution >= 4 is 5.82 Å². The van der Waals surface area contributed by atoms with E-state index < -0.39 is 35.8 Å². The molecule has 0 aliphatic carbocycles. The molecule has 1 fully saturated rings. The fraction of sp³-hybridized carbons (Fsp3) is 0.636. The Bertz CT molecular complexity index is 524. The quantitative estimate of drug-likeness (QED) is 0.500. The zero-order valence-corrected chi connectivity index (χ0v) is 10.6. The van der Waals surface area contributed by atoms with E-state index in [1.807, 2.05) is 0 Å². The first-order chi connectivity index (χ1) is 8.71. The summed E-state index contributed by atoms with van der Waals surface area (Å²) in [7, 11) is 0. The molecule has 1 aliphatic heterocycles. The van der Waals surface area contributed by atoms with Gasteiger partial charge < -0.3 is 25.8 Å². The third-order valence-electron chi connectivity index (χ3n) is 3.06. The van der Waals surface area contributed by atoms with Crippen molar-refractivity contribution in [1.29, 1.82) is 0 Å². The van der Waals surface area contributed by atoms with Gasteiger partial charge in [0.25, 0.3) is 0 Å². The van der Waals surface area contributed by atoms with Crippen molar-refractivity contribution in [2.24, 2.45) is 0 Å². The van der Waals surface area contributed by atoms with Gasteiger partial charge in [-0.1, -0.05) is 0 Å². The number of nitrogens with two attached hydrogens (primary N) is 1. The Labute approximate surface area is 109 Å². The number of aliphatic hydroxyl groups excluding tert-OH is 2. The molecule has 2 rings (SSSR count). The molecule has 0 aromatic carbocycles. The van der Waals surface area contributed by atoms with Crippen LogP contribution in [0.2, 0.25) is 0 Å². The lowest BCUT2D eigenvalue weighted by Gasteiger charge is -2.27. The largest absolute Gasteiger partial charge is 0.388 e. The molecule has 0 bridgehead atoms. The van der Waals surface area contributed by atoms with Crippen LogP contribution in [0.1, 0.15) is 20.1 Å². The van der Waals surface area contributed by atoms with Crippen molar-refractivity contribution in [3.63, 3.8) is 0 Å². The summed E-state index contributed by atoms with van der Waals surface area (Å²) in [6, 6.07) is 1.38. The van der Waals surface area contributed by atoms with Crippen molar-refractivity contribution in [1.82, 2.24) is 9.55 Å². The molecule has 8 heteroatoms. The number of aliphatic hydroxyl groups is 3. The Kier molecular flexibility index (Phi) is 3.35. The first-order valence-corrected chi connectivity index (χ1v) is 5.80. The molecule has 19 heavy (non-hydrogen) atoms. The average molecular weight is 271 g/mol. The number of nitrogen functional groups attached to an aromatic ring is 1. The summed E-state index contributed by atoms with van der Waals surface area (Å²) in [6.07, 6.45) is -3.48. The van der Waals surface area contributed by atoms with Gasteiger partial charge in [-0.15, -0.1) is 0 Å². The molecule has 1 aromatic heterocycles. The van der Waals surface area contributed by atoms with Crippen molar-refractivity contribution in [3.05, 3.63) is 22.7 Å². The number of anilines is 1. The minimum atomic E-state index is -1.36. The first kappa shape index (κ1) is 13.9. The molecule has 4 atom stereocenters. The van der Waals surface area contributed by atoms with E-state index in [-0.39, 0.29) is 5.82 Å². The van der Waals surface area contributed by atoms with Gasteiger partial charge in [-0.2, -0.15) is 4.98 Å². The Morgan fingerprint density at radius 1 is 1.42 bits per heavy atom.